The molecule has 1 rings (SSSR count). The second-order valence-electron chi connectivity index (χ2n) is 5.16. The molecule has 0 saturated carbocycles. The summed E-state index contributed by atoms with van der Waals surface area (Å²) < 4.78 is 16.2. The number of hydrogen-bond acceptors (Lipinski definition) is 4. The Hall–Kier alpha value is -1.39. The smallest absolute Gasteiger partial charge is 0.305 e. The highest BCUT2D eigenvalue weighted by Gasteiger charge is 2.34. The van der Waals surface area contributed by atoms with Gasteiger partial charge in [0.2, 0.25) is 0 Å². The van der Waals surface area contributed by atoms with E-state index in [2.05, 4.69) is 24.3 Å². The third-order valence-electron chi connectivity index (χ3n) is 3.68. The van der Waals surface area contributed by atoms with Crippen LogP contribution in [0.1, 0.15) is 32.6 Å². The van der Waals surface area contributed by atoms with Crippen LogP contribution in [-0.2, 0) is 19.0 Å². The zero-order valence-electron chi connectivity index (χ0n) is 13.3. The van der Waals surface area contributed by atoms with Gasteiger partial charge in [0.1, 0.15) is 5.60 Å². The second kappa shape index (κ2) is 8.80. The minimum atomic E-state index is -0.554. The molecule has 0 heterocycles. The average molecular weight is 294 g/mol. The Labute approximate surface area is 127 Å². The summed E-state index contributed by atoms with van der Waals surface area (Å²) in [6.45, 7) is 6.75. The molecule has 0 aliphatic heterocycles. The van der Waals surface area contributed by atoms with Crippen LogP contribution in [0.5, 0.6) is 0 Å². The number of allylic oxidation sites excluding steroid dienone is 2. The van der Waals surface area contributed by atoms with Gasteiger partial charge in [-0.25, -0.2) is 0 Å². The maximum absolute atomic E-state index is 11.3. The molecule has 2 atom stereocenters. The molecule has 1 aliphatic carbocycles. The third kappa shape index (κ3) is 5.14. The van der Waals surface area contributed by atoms with E-state index in [4.69, 9.17) is 9.47 Å². The van der Waals surface area contributed by atoms with Crippen LogP contribution in [-0.4, -0.2) is 38.5 Å². The number of ether oxygens (including phenoxy) is 3. The van der Waals surface area contributed by atoms with E-state index in [1.807, 2.05) is 18.2 Å². The van der Waals surface area contributed by atoms with Gasteiger partial charge in [-0.1, -0.05) is 31.7 Å². The molecule has 2 unspecified atom stereocenters. The molecule has 0 amide bonds. The van der Waals surface area contributed by atoms with Crippen molar-refractivity contribution in [2.75, 3.05) is 20.8 Å². The molecule has 0 radical (unpaired) electrons. The standard InChI is InChI=1S/C17H26O4/c1-5-15(13-19-3)21-17(11-7-6-8-12-17)14(2)9-10-16(18)20-4/h6-8,11,15H,2,5,9-10,12-13H2,1,3-4H3. The first-order valence-corrected chi connectivity index (χ1v) is 7.34. The van der Waals surface area contributed by atoms with Crippen molar-refractivity contribution in [1.29, 1.82) is 0 Å². The Kier molecular flexibility index (Phi) is 7.40. The van der Waals surface area contributed by atoms with Crippen molar-refractivity contribution in [2.45, 2.75) is 44.3 Å². The van der Waals surface area contributed by atoms with E-state index in [0.29, 0.717) is 19.4 Å². The van der Waals surface area contributed by atoms with Crippen LogP contribution in [0.4, 0.5) is 0 Å². The Morgan fingerprint density at radius 2 is 2.10 bits per heavy atom. The fraction of sp³-hybridized carbons (Fsp3) is 0.588. The predicted molar refractivity (Wildman–Crippen MR) is 83.1 cm³/mol. The highest BCUT2D eigenvalue weighted by atomic mass is 16.5. The monoisotopic (exact) mass is 294 g/mol. The van der Waals surface area contributed by atoms with Crippen molar-refractivity contribution < 1.29 is 19.0 Å². The lowest BCUT2D eigenvalue weighted by atomic mass is 9.85. The predicted octanol–water partition coefficient (Wildman–Crippen LogP) is 3.19. The molecule has 0 aromatic heterocycles. The normalized spacial score (nSPS) is 22.0. The lowest BCUT2D eigenvalue weighted by Gasteiger charge is -2.37. The fourth-order valence-corrected chi connectivity index (χ4v) is 2.32. The molecule has 0 aromatic rings. The van der Waals surface area contributed by atoms with Crippen LogP contribution in [0.15, 0.2) is 36.5 Å². The highest BCUT2D eigenvalue weighted by Crippen LogP contribution is 2.34. The van der Waals surface area contributed by atoms with Gasteiger partial charge < -0.3 is 14.2 Å². The summed E-state index contributed by atoms with van der Waals surface area (Å²) in [5, 5.41) is 0. The van der Waals surface area contributed by atoms with Crippen molar-refractivity contribution in [3.63, 3.8) is 0 Å². The summed E-state index contributed by atoms with van der Waals surface area (Å²) >= 11 is 0. The molecule has 0 N–H and O–H groups in total. The maximum Gasteiger partial charge on any atom is 0.305 e. The summed E-state index contributed by atoms with van der Waals surface area (Å²) in [7, 11) is 3.06. The van der Waals surface area contributed by atoms with Crippen LogP contribution in [0.3, 0.4) is 0 Å². The maximum atomic E-state index is 11.3. The Balaban J connectivity index is 2.78. The first kappa shape index (κ1) is 17.7. The van der Waals surface area contributed by atoms with E-state index in [-0.39, 0.29) is 12.1 Å². The van der Waals surface area contributed by atoms with Crippen LogP contribution >= 0.6 is 0 Å². The Morgan fingerprint density at radius 3 is 2.62 bits per heavy atom. The number of methoxy groups -OCH3 is 2. The number of rotatable bonds is 9. The number of hydrogen-bond donors (Lipinski definition) is 0. The van der Waals surface area contributed by atoms with Gasteiger partial charge >= 0.3 is 5.97 Å². The van der Waals surface area contributed by atoms with Crippen molar-refractivity contribution in [3.8, 4) is 0 Å². The average Bonchev–Trinajstić information content (AvgIpc) is 2.52. The molecular weight excluding hydrogens is 268 g/mol. The van der Waals surface area contributed by atoms with Crippen LogP contribution in [0.25, 0.3) is 0 Å². The van der Waals surface area contributed by atoms with Gasteiger partial charge in [-0.15, -0.1) is 0 Å². The summed E-state index contributed by atoms with van der Waals surface area (Å²) in [6.07, 6.45) is 10.5. The van der Waals surface area contributed by atoms with Gasteiger partial charge in [0, 0.05) is 20.0 Å². The van der Waals surface area contributed by atoms with Crippen molar-refractivity contribution >= 4 is 5.97 Å². The molecule has 0 fully saturated rings. The molecule has 1 aliphatic rings. The SMILES string of the molecule is C=C(CCC(=O)OC)C1(OC(CC)COC)C=CC=CC1. The minimum absolute atomic E-state index is 0.000951. The van der Waals surface area contributed by atoms with Gasteiger partial charge in [-0.05, 0) is 24.5 Å². The van der Waals surface area contributed by atoms with Gasteiger partial charge in [-0.2, -0.15) is 0 Å². The number of carbonyl (C=O) groups excluding carboxylic acids is 1. The van der Waals surface area contributed by atoms with Crippen molar-refractivity contribution in [3.05, 3.63) is 36.5 Å². The second-order valence-corrected chi connectivity index (χ2v) is 5.16. The number of esters is 1. The molecule has 0 bridgehead atoms. The molecule has 0 saturated heterocycles. The minimum Gasteiger partial charge on any atom is -0.469 e. The summed E-state index contributed by atoms with van der Waals surface area (Å²) in [4.78, 5) is 11.3. The lowest BCUT2D eigenvalue weighted by Crippen LogP contribution is -2.38. The van der Waals surface area contributed by atoms with Crippen LogP contribution < -0.4 is 0 Å². The van der Waals surface area contributed by atoms with E-state index in [1.54, 1.807) is 7.11 Å². The molecule has 0 aromatic carbocycles. The third-order valence-corrected chi connectivity index (χ3v) is 3.68. The summed E-state index contributed by atoms with van der Waals surface area (Å²) in [5.41, 5.74) is 0.338. The van der Waals surface area contributed by atoms with Gasteiger partial charge in [0.05, 0.1) is 19.8 Å². The summed E-state index contributed by atoms with van der Waals surface area (Å²) in [5.74, 6) is -0.231. The number of carbonyl (C=O) groups is 1. The van der Waals surface area contributed by atoms with Crippen molar-refractivity contribution in [2.24, 2.45) is 0 Å². The van der Waals surface area contributed by atoms with Crippen LogP contribution in [0.2, 0.25) is 0 Å². The lowest BCUT2D eigenvalue weighted by molar-refractivity contribution is -0.140. The van der Waals surface area contributed by atoms with Gasteiger partial charge in [0.15, 0.2) is 0 Å². The topological polar surface area (TPSA) is 44.8 Å². The molecule has 118 valence electrons. The van der Waals surface area contributed by atoms with Gasteiger partial charge in [-0.3, -0.25) is 4.79 Å². The zero-order chi connectivity index (χ0) is 15.7. The fourth-order valence-electron chi connectivity index (χ4n) is 2.32. The first-order chi connectivity index (χ1) is 10.1. The van der Waals surface area contributed by atoms with E-state index >= 15 is 0 Å². The van der Waals surface area contributed by atoms with E-state index in [9.17, 15) is 4.79 Å². The largest absolute Gasteiger partial charge is 0.469 e. The summed E-state index contributed by atoms with van der Waals surface area (Å²) in [6, 6.07) is 0. The van der Waals surface area contributed by atoms with Crippen molar-refractivity contribution in [1.82, 2.24) is 0 Å². The Bertz CT molecular complexity index is 411. The highest BCUT2D eigenvalue weighted by molar-refractivity contribution is 5.69. The van der Waals surface area contributed by atoms with E-state index < -0.39 is 5.60 Å². The first-order valence-electron chi connectivity index (χ1n) is 7.34. The van der Waals surface area contributed by atoms with E-state index in [0.717, 1.165) is 18.4 Å². The molecule has 4 nitrogen and oxygen atoms in total. The Morgan fingerprint density at radius 1 is 1.33 bits per heavy atom. The molecule has 0 spiro atoms. The molecular formula is C17H26O4. The molecule has 21 heavy (non-hydrogen) atoms. The quantitative estimate of drug-likeness (QED) is 0.484. The molecule has 4 heteroatoms. The van der Waals surface area contributed by atoms with Gasteiger partial charge in [0.25, 0.3) is 0 Å². The van der Waals surface area contributed by atoms with E-state index in [1.165, 1.54) is 7.11 Å². The zero-order valence-corrected chi connectivity index (χ0v) is 13.3. The van der Waals surface area contributed by atoms with Crippen LogP contribution in [0, 0.1) is 0 Å².